The van der Waals surface area contributed by atoms with Crippen LogP contribution in [0.5, 0.6) is 5.75 Å². The van der Waals surface area contributed by atoms with Gasteiger partial charge in [-0.05, 0) is 63.4 Å². The van der Waals surface area contributed by atoms with Crippen molar-refractivity contribution in [3.8, 4) is 17.2 Å². The molecule has 0 saturated heterocycles. The quantitative estimate of drug-likeness (QED) is 0.427. The summed E-state index contributed by atoms with van der Waals surface area (Å²) in [4.78, 5) is 27.8. The van der Waals surface area contributed by atoms with E-state index in [2.05, 4.69) is 10.3 Å². The maximum Gasteiger partial charge on any atom is 0.407 e. The molecule has 3 rings (SSSR count). The molecule has 2 N–H and O–H groups in total. The van der Waals surface area contributed by atoms with Gasteiger partial charge in [0.05, 0.1) is 12.3 Å². The summed E-state index contributed by atoms with van der Waals surface area (Å²) < 4.78 is 16.5. The van der Waals surface area contributed by atoms with Crippen LogP contribution in [-0.4, -0.2) is 34.4 Å². The number of carboxylic acids is 1. The molecule has 0 atom stereocenters. The van der Waals surface area contributed by atoms with E-state index >= 15 is 0 Å². The first-order valence-corrected chi connectivity index (χ1v) is 10.7. The number of hydrogen-bond acceptors (Lipinski definition) is 6. The number of hydrogen-bond donors (Lipinski definition) is 2. The third-order valence-electron chi connectivity index (χ3n) is 4.93. The summed E-state index contributed by atoms with van der Waals surface area (Å²) >= 11 is 0. The van der Waals surface area contributed by atoms with Crippen LogP contribution in [0.3, 0.4) is 0 Å². The molecule has 0 unspecified atom stereocenters. The molecule has 8 heteroatoms. The van der Waals surface area contributed by atoms with Crippen molar-refractivity contribution >= 4 is 12.1 Å². The number of alkyl carbamates (subject to hydrolysis) is 1. The largest absolute Gasteiger partial charge is 0.478 e. The summed E-state index contributed by atoms with van der Waals surface area (Å²) in [6, 6.07) is 16.6. The molecule has 1 heterocycles. The summed E-state index contributed by atoms with van der Waals surface area (Å²) in [7, 11) is 0. The molecule has 0 aliphatic heterocycles. The normalized spacial score (nSPS) is 11.1. The van der Waals surface area contributed by atoms with Crippen molar-refractivity contribution in [2.45, 2.75) is 45.8 Å². The SMILES string of the molecule is Cc1oc(-c2ccccc2)nc1CCCOC(=O)NCc1cccc(OC(C)(C)C(=O)O)c1. The first kappa shape index (κ1) is 23.8. The Labute approximate surface area is 192 Å². The number of aliphatic carboxylic acids is 1. The highest BCUT2D eigenvalue weighted by Crippen LogP contribution is 2.22. The second-order valence-electron chi connectivity index (χ2n) is 8.05. The van der Waals surface area contributed by atoms with Crippen LogP contribution in [0.4, 0.5) is 4.79 Å². The zero-order valence-corrected chi connectivity index (χ0v) is 19.0. The van der Waals surface area contributed by atoms with Crippen molar-refractivity contribution in [1.82, 2.24) is 10.3 Å². The minimum absolute atomic E-state index is 0.229. The van der Waals surface area contributed by atoms with Gasteiger partial charge in [0.1, 0.15) is 11.5 Å². The van der Waals surface area contributed by atoms with Crippen LogP contribution in [0.1, 0.15) is 37.3 Å². The van der Waals surface area contributed by atoms with Gasteiger partial charge in [-0.15, -0.1) is 0 Å². The van der Waals surface area contributed by atoms with Crippen molar-refractivity contribution in [3.63, 3.8) is 0 Å². The van der Waals surface area contributed by atoms with Crippen LogP contribution in [-0.2, 0) is 22.5 Å². The molecule has 0 saturated carbocycles. The van der Waals surface area contributed by atoms with Crippen molar-refractivity contribution in [3.05, 3.63) is 71.6 Å². The number of aryl methyl sites for hydroxylation is 2. The number of amides is 1. The molecule has 8 nitrogen and oxygen atoms in total. The number of benzene rings is 2. The topological polar surface area (TPSA) is 111 Å². The molecule has 0 spiro atoms. The molecule has 0 bridgehead atoms. The fraction of sp³-hybridized carbons (Fsp3) is 0.320. The van der Waals surface area contributed by atoms with E-state index in [1.807, 2.05) is 37.3 Å². The van der Waals surface area contributed by atoms with Gasteiger partial charge in [-0.25, -0.2) is 14.6 Å². The second kappa shape index (κ2) is 10.7. The van der Waals surface area contributed by atoms with E-state index < -0.39 is 17.7 Å². The Balaban J connectivity index is 1.41. The van der Waals surface area contributed by atoms with Gasteiger partial charge in [0.25, 0.3) is 0 Å². The molecule has 2 aromatic carbocycles. The van der Waals surface area contributed by atoms with Crippen molar-refractivity contribution < 1.29 is 28.6 Å². The van der Waals surface area contributed by atoms with Crippen LogP contribution in [0.2, 0.25) is 0 Å². The number of carboxylic acid groups (broad SMARTS) is 1. The third kappa shape index (κ3) is 6.83. The van der Waals surface area contributed by atoms with E-state index in [0.29, 0.717) is 24.5 Å². The zero-order valence-electron chi connectivity index (χ0n) is 19.0. The average molecular weight is 453 g/mol. The fourth-order valence-electron chi connectivity index (χ4n) is 3.05. The summed E-state index contributed by atoms with van der Waals surface area (Å²) in [5.74, 6) is 0.686. The van der Waals surface area contributed by atoms with E-state index in [1.54, 1.807) is 24.3 Å². The van der Waals surface area contributed by atoms with E-state index in [0.717, 1.165) is 22.6 Å². The first-order chi connectivity index (χ1) is 15.7. The van der Waals surface area contributed by atoms with E-state index in [1.165, 1.54) is 13.8 Å². The molecule has 174 valence electrons. The Morgan fingerprint density at radius 3 is 2.61 bits per heavy atom. The number of ether oxygens (including phenoxy) is 2. The molecule has 0 aliphatic rings. The summed E-state index contributed by atoms with van der Waals surface area (Å²) in [5, 5.41) is 11.9. The number of carbonyl (C=O) groups is 2. The average Bonchev–Trinajstić information content (AvgIpc) is 3.16. The molecule has 0 radical (unpaired) electrons. The smallest absolute Gasteiger partial charge is 0.407 e. The highest BCUT2D eigenvalue weighted by molar-refractivity contribution is 5.76. The van der Waals surface area contributed by atoms with Gasteiger partial charge in [0.2, 0.25) is 5.89 Å². The number of rotatable bonds is 10. The van der Waals surface area contributed by atoms with Crippen LogP contribution in [0.25, 0.3) is 11.5 Å². The lowest BCUT2D eigenvalue weighted by molar-refractivity contribution is -0.152. The zero-order chi connectivity index (χ0) is 23.8. The molecule has 1 aromatic heterocycles. The molecular weight excluding hydrogens is 424 g/mol. The van der Waals surface area contributed by atoms with Gasteiger partial charge in [-0.2, -0.15) is 0 Å². The van der Waals surface area contributed by atoms with Gasteiger partial charge in [-0.1, -0.05) is 30.3 Å². The monoisotopic (exact) mass is 452 g/mol. The predicted molar refractivity (Wildman–Crippen MR) is 122 cm³/mol. The Hall–Kier alpha value is -3.81. The van der Waals surface area contributed by atoms with Crippen molar-refractivity contribution in [2.75, 3.05) is 6.61 Å². The molecular formula is C25H28N2O6. The van der Waals surface area contributed by atoms with Crippen LogP contribution >= 0.6 is 0 Å². The highest BCUT2D eigenvalue weighted by atomic mass is 16.5. The van der Waals surface area contributed by atoms with E-state index in [4.69, 9.17) is 13.9 Å². The first-order valence-electron chi connectivity index (χ1n) is 10.7. The highest BCUT2D eigenvalue weighted by Gasteiger charge is 2.29. The Kier molecular flexibility index (Phi) is 7.71. The third-order valence-corrected chi connectivity index (χ3v) is 4.93. The number of oxazole rings is 1. The molecule has 33 heavy (non-hydrogen) atoms. The van der Waals surface area contributed by atoms with Crippen molar-refractivity contribution in [2.24, 2.45) is 0 Å². The standard InChI is InChI=1S/C25H28N2O6/c1-17-21(27-22(32-17)19-10-5-4-6-11-19)13-8-14-31-24(30)26-16-18-9-7-12-20(15-18)33-25(2,3)23(28)29/h4-7,9-12,15H,8,13-14,16H2,1-3H3,(H,26,30)(H,28,29). The minimum Gasteiger partial charge on any atom is -0.478 e. The van der Waals surface area contributed by atoms with Gasteiger partial charge in [0.15, 0.2) is 5.60 Å². The predicted octanol–water partition coefficient (Wildman–Crippen LogP) is 4.75. The summed E-state index contributed by atoms with van der Waals surface area (Å²) in [5.41, 5.74) is 1.18. The lowest BCUT2D eigenvalue weighted by atomic mass is 10.1. The minimum atomic E-state index is -1.35. The number of nitrogens with one attached hydrogen (secondary N) is 1. The summed E-state index contributed by atoms with van der Waals surface area (Å²) in [6.07, 6.45) is 0.714. The van der Waals surface area contributed by atoms with Gasteiger partial charge in [-0.3, -0.25) is 0 Å². The van der Waals surface area contributed by atoms with Crippen LogP contribution in [0, 0.1) is 6.92 Å². The van der Waals surface area contributed by atoms with Gasteiger partial charge < -0.3 is 24.3 Å². The maximum absolute atomic E-state index is 12.0. The number of nitrogens with zero attached hydrogens (tertiary/aromatic N) is 1. The molecule has 0 fully saturated rings. The number of aromatic nitrogens is 1. The Morgan fingerprint density at radius 1 is 1.12 bits per heavy atom. The van der Waals surface area contributed by atoms with E-state index in [9.17, 15) is 14.7 Å². The lowest BCUT2D eigenvalue weighted by Gasteiger charge is -2.21. The fourth-order valence-corrected chi connectivity index (χ4v) is 3.05. The lowest BCUT2D eigenvalue weighted by Crippen LogP contribution is -2.37. The van der Waals surface area contributed by atoms with E-state index in [-0.39, 0.29) is 13.2 Å². The summed E-state index contributed by atoms with van der Waals surface area (Å²) in [6.45, 7) is 5.29. The Morgan fingerprint density at radius 2 is 1.88 bits per heavy atom. The molecule has 0 aliphatic carbocycles. The molecule has 1 amide bonds. The second-order valence-corrected chi connectivity index (χ2v) is 8.05. The van der Waals surface area contributed by atoms with Crippen molar-refractivity contribution in [1.29, 1.82) is 0 Å². The number of carbonyl (C=O) groups excluding carboxylic acids is 1. The van der Waals surface area contributed by atoms with Gasteiger partial charge in [0, 0.05) is 12.1 Å². The maximum atomic E-state index is 12.0. The molecule has 3 aromatic rings. The van der Waals surface area contributed by atoms with Crippen LogP contribution in [0.15, 0.2) is 59.0 Å². The Bertz CT molecular complexity index is 1090. The van der Waals surface area contributed by atoms with Gasteiger partial charge >= 0.3 is 12.1 Å². The van der Waals surface area contributed by atoms with Crippen LogP contribution < -0.4 is 10.1 Å².